The number of ether oxygens (including phenoxy) is 1. The van der Waals surface area contributed by atoms with Crippen LogP contribution in [0.1, 0.15) is 16.1 Å². The van der Waals surface area contributed by atoms with Gasteiger partial charge in [-0.2, -0.15) is 0 Å². The smallest absolute Gasteiger partial charge is 0.255 e. The number of methoxy groups -OCH3 is 1. The zero-order chi connectivity index (χ0) is 20.0. The minimum atomic E-state index is -0.499. The van der Waals surface area contributed by atoms with Crippen molar-refractivity contribution in [3.63, 3.8) is 0 Å². The third kappa shape index (κ3) is 2.70. The van der Waals surface area contributed by atoms with E-state index in [-0.39, 0.29) is 11.7 Å². The Hall–Kier alpha value is -3.88. The molecule has 0 aliphatic carbocycles. The van der Waals surface area contributed by atoms with Crippen molar-refractivity contribution in [3.8, 4) is 17.3 Å². The zero-order valence-electron chi connectivity index (χ0n) is 15.5. The highest BCUT2D eigenvalue weighted by molar-refractivity contribution is 6.06. The van der Waals surface area contributed by atoms with Gasteiger partial charge in [0.2, 0.25) is 0 Å². The quantitative estimate of drug-likeness (QED) is 0.496. The summed E-state index contributed by atoms with van der Waals surface area (Å²) in [5.74, 6) is -0.0994. The number of fused-ring (bicyclic) bond motifs is 2. The molecule has 1 aliphatic heterocycles. The fraction of sp³-hybridized carbons (Fsp3) is 0.150. The largest absolute Gasteiger partial charge is 0.492 e. The van der Waals surface area contributed by atoms with Gasteiger partial charge in [-0.15, -0.1) is 10.2 Å². The lowest BCUT2D eigenvalue weighted by Gasteiger charge is -2.16. The number of halogens is 1. The van der Waals surface area contributed by atoms with Crippen LogP contribution in [0, 0.1) is 5.82 Å². The molecule has 1 aliphatic rings. The standard InChI is InChI=1S/C20H17FN6O2/c1-29-18-11(21)5-4-6-13(18)24-16-15-12(8-9-22-20(15)28)23-17(16)19-26-25-14-7-2-3-10-27(14)19/h2-7,10,23-24H,8-9H2,1H3,(H,22,28). The van der Waals surface area contributed by atoms with Crippen LogP contribution in [0.5, 0.6) is 5.75 Å². The van der Waals surface area contributed by atoms with Crippen molar-refractivity contribution in [1.82, 2.24) is 24.9 Å². The van der Waals surface area contributed by atoms with Gasteiger partial charge >= 0.3 is 0 Å². The van der Waals surface area contributed by atoms with Gasteiger partial charge in [0.1, 0.15) is 5.69 Å². The van der Waals surface area contributed by atoms with Gasteiger partial charge in [-0.1, -0.05) is 12.1 Å². The molecule has 5 rings (SSSR count). The van der Waals surface area contributed by atoms with Gasteiger partial charge < -0.3 is 20.4 Å². The summed E-state index contributed by atoms with van der Waals surface area (Å²) < 4.78 is 21.2. The van der Waals surface area contributed by atoms with Crippen LogP contribution < -0.4 is 15.4 Å². The molecule has 0 saturated heterocycles. The summed E-state index contributed by atoms with van der Waals surface area (Å²) in [6.45, 7) is 0.537. The molecule has 0 unspecified atom stereocenters. The summed E-state index contributed by atoms with van der Waals surface area (Å²) >= 11 is 0. The second-order valence-corrected chi connectivity index (χ2v) is 6.63. The number of aromatic amines is 1. The Morgan fingerprint density at radius 1 is 1.21 bits per heavy atom. The lowest BCUT2D eigenvalue weighted by molar-refractivity contribution is 0.0947. The van der Waals surface area contributed by atoms with Crippen molar-refractivity contribution >= 4 is 22.9 Å². The van der Waals surface area contributed by atoms with Crippen molar-refractivity contribution in [3.05, 3.63) is 59.7 Å². The summed E-state index contributed by atoms with van der Waals surface area (Å²) in [7, 11) is 1.40. The van der Waals surface area contributed by atoms with Crippen molar-refractivity contribution < 1.29 is 13.9 Å². The predicted molar refractivity (Wildman–Crippen MR) is 105 cm³/mol. The van der Waals surface area contributed by atoms with Gasteiger partial charge in [-0.05, 0) is 24.3 Å². The summed E-state index contributed by atoms with van der Waals surface area (Å²) in [5, 5.41) is 14.5. The maximum Gasteiger partial charge on any atom is 0.255 e. The average Bonchev–Trinajstić information content (AvgIpc) is 3.30. The Balaban J connectivity index is 1.73. The summed E-state index contributed by atoms with van der Waals surface area (Å²) in [4.78, 5) is 16.0. The molecule has 8 nitrogen and oxygen atoms in total. The number of nitrogens with zero attached hydrogens (tertiary/aromatic N) is 3. The molecule has 9 heteroatoms. The number of nitrogens with one attached hydrogen (secondary N) is 3. The van der Waals surface area contributed by atoms with Crippen LogP contribution in [-0.2, 0) is 6.42 Å². The Bertz CT molecular complexity index is 1250. The second-order valence-electron chi connectivity index (χ2n) is 6.63. The fourth-order valence-electron chi connectivity index (χ4n) is 3.63. The van der Waals surface area contributed by atoms with Crippen LogP contribution in [0.15, 0.2) is 42.6 Å². The van der Waals surface area contributed by atoms with E-state index in [1.807, 2.05) is 28.8 Å². The first kappa shape index (κ1) is 17.2. The number of hydrogen-bond donors (Lipinski definition) is 3. The first-order valence-electron chi connectivity index (χ1n) is 9.10. The molecular formula is C20H17FN6O2. The summed E-state index contributed by atoms with van der Waals surface area (Å²) in [6, 6.07) is 10.2. The number of carbonyl (C=O) groups is 1. The van der Waals surface area contributed by atoms with E-state index in [1.165, 1.54) is 13.2 Å². The number of anilines is 2. The third-order valence-corrected chi connectivity index (χ3v) is 4.93. The van der Waals surface area contributed by atoms with Crippen LogP contribution in [0.2, 0.25) is 0 Å². The van der Waals surface area contributed by atoms with Gasteiger partial charge in [0.15, 0.2) is 23.0 Å². The number of carbonyl (C=O) groups excluding carboxylic acids is 1. The van der Waals surface area contributed by atoms with Gasteiger partial charge in [0.25, 0.3) is 5.91 Å². The van der Waals surface area contributed by atoms with Crippen LogP contribution in [0.3, 0.4) is 0 Å². The Morgan fingerprint density at radius 3 is 2.97 bits per heavy atom. The van der Waals surface area contributed by atoms with E-state index in [0.29, 0.717) is 47.1 Å². The molecule has 0 atom stereocenters. The summed E-state index contributed by atoms with van der Waals surface area (Å²) in [6.07, 6.45) is 2.49. The molecule has 4 aromatic rings. The monoisotopic (exact) mass is 392 g/mol. The number of rotatable bonds is 4. The molecule has 4 heterocycles. The lowest BCUT2D eigenvalue weighted by Crippen LogP contribution is -2.31. The number of hydrogen-bond acceptors (Lipinski definition) is 5. The number of aromatic nitrogens is 4. The zero-order valence-corrected chi connectivity index (χ0v) is 15.5. The molecule has 146 valence electrons. The van der Waals surface area contributed by atoms with Crippen LogP contribution in [0.25, 0.3) is 17.2 Å². The van der Waals surface area contributed by atoms with Gasteiger partial charge in [-0.25, -0.2) is 4.39 Å². The highest BCUT2D eigenvalue weighted by atomic mass is 19.1. The predicted octanol–water partition coefficient (Wildman–Crippen LogP) is 2.90. The molecule has 0 bridgehead atoms. The number of pyridine rings is 1. The van der Waals surface area contributed by atoms with E-state index in [4.69, 9.17) is 4.74 Å². The third-order valence-electron chi connectivity index (χ3n) is 4.93. The van der Waals surface area contributed by atoms with E-state index in [1.54, 1.807) is 12.1 Å². The van der Waals surface area contributed by atoms with E-state index >= 15 is 0 Å². The second kappa shape index (κ2) is 6.62. The number of H-pyrrole nitrogens is 1. The van der Waals surface area contributed by atoms with Crippen molar-refractivity contribution in [2.24, 2.45) is 0 Å². The van der Waals surface area contributed by atoms with E-state index in [9.17, 15) is 9.18 Å². The van der Waals surface area contributed by atoms with Gasteiger partial charge in [0, 0.05) is 24.9 Å². The minimum Gasteiger partial charge on any atom is -0.492 e. The van der Waals surface area contributed by atoms with Crippen LogP contribution >= 0.6 is 0 Å². The molecule has 29 heavy (non-hydrogen) atoms. The SMILES string of the molecule is COc1c(F)cccc1Nc1c(-c2nnc3ccccn23)[nH]c2c1C(=O)NCC2. The number of para-hydroxylation sites is 1. The molecule has 0 saturated carbocycles. The molecule has 0 fully saturated rings. The maximum absolute atomic E-state index is 14.2. The normalized spacial score (nSPS) is 13.2. The molecule has 3 aromatic heterocycles. The molecule has 1 amide bonds. The van der Waals surface area contributed by atoms with Gasteiger partial charge in [0.05, 0.1) is 24.0 Å². The fourth-order valence-corrected chi connectivity index (χ4v) is 3.63. The number of benzene rings is 1. The Morgan fingerprint density at radius 2 is 2.10 bits per heavy atom. The van der Waals surface area contributed by atoms with E-state index < -0.39 is 5.82 Å². The topological polar surface area (TPSA) is 96.3 Å². The maximum atomic E-state index is 14.2. The molecule has 0 radical (unpaired) electrons. The average molecular weight is 392 g/mol. The Kier molecular flexibility index (Phi) is 3.94. The number of amides is 1. The highest BCUT2D eigenvalue weighted by Gasteiger charge is 2.29. The van der Waals surface area contributed by atoms with E-state index in [0.717, 1.165) is 5.69 Å². The minimum absolute atomic E-state index is 0.0655. The van der Waals surface area contributed by atoms with Crippen molar-refractivity contribution in [2.75, 3.05) is 19.0 Å². The van der Waals surface area contributed by atoms with Crippen molar-refractivity contribution in [2.45, 2.75) is 6.42 Å². The first-order chi connectivity index (χ1) is 14.2. The molecule has 1 aromatic carbocycles. The van der Waals surface area contributed by atoms with Crippen LogP contribution in [-0.4, -0.2) is 39.1 Å². The molecule has 3 N–H and O–H groups in total. The molecular weight excluding hydrogens is 375 g/mol. The highest BCUT2D eigenvalue weighted by Crippen LogP contribution is 2.38. The lowest BCUT2D eigenvalue weighted by atomic mass is 10.1. The van der Waals surface area contributed by atoms with Crippen molar-refractivity contribution in [1.29, 1.82) is 0 Å². The Labute approximate surface area is 164 Å². The molecule has 0 spiro atoms. The van der Waals surface area contributed by atoms with Crippen LogP contribution in [0.4, 0.5) is 15.8 Å². The van der Waals surface area contributed by atoms with E-state index in [2.05, 4.69) is 25.8 Å². The first-order valence-corrected chi connectivity index (χ1v) is 9.10. The van der Waals surface area contributed by atoms with Gasteiger partial charge in [-0.3, -0.25) is 9.20 Å². The summed E-state index contributed by atoms with van der Waals surface area (Å²) in [5.41, 5.74) is 3.44.